The summed E-state index contributed by atoms with van der Waals surface area (Å²) in [5.41, 5.74) is 9.68. The molecule has 0 aromatic carbocycles. The SMILES string of the molecule is [N-]=[N+]=C1C=CC2=C(S(=O)(=O)O)CC(=O)C=C2C1. The van der Waals surface area contributed by atoms with Crippen molar-refractivity contribution in [2.24, 2.45) is 0 Å². The van der Waals surface area contributed by atoms with Crippen LogP contribution in [0.5, 0.6) is 0 Å². The van der Waals surface area contributed by atoms with E-state index >= 15 is 0 Å². The molecule has 0 aromatic heterocycles. The molecule has 88 valence electrons. The first-order chi connectivity index (χ1) is 7.91. The summed E-state index contributed by atoms with van der Waals surface area (Å²) >= 11 is 0. The number of hydrogen-bond acceptors (Lipinski definition) is 3. The van der Waals surface area contributed by atoms with E-state index in [-0.39, 0.29) is 17.7 Å². The Hall–Kier alpha value is -1.82. The van der Waals surface area contributed by atoms with Gasteiger partial charge in [-0.15, -0.1) is 0 Å². The lowest BCUT2D eigenvalue weighted by Crippen LogP contribution is -2.18. The zero-order valence-electron chi connectivity index (χ0n) is 8.62. The fraction of sp³-hybridized carbons (Fsp3) is 0.200. The normalized spacial score (nSPS) is 19.9. The van der Waals surface area contributed by atoms with Crippen molar-refractivity contribution in [2.45, 2.75) is 12.8 Å². The fourth-order valence-electron chi connectivity index (χ4n) is 1.83. The van der Waals surface area contributed by atoms with Gasteiger partial charge >= 0.3 is 0 Å². The Kier molecular flexibility index (Phi) is 2.66. The van der Waals surface area contributed by atoms with Gasteiger partial charge in [0.05, 0.1) is 11.3 Å². The minimum atomic E-state index is -4.39. The van der Waals surface area contributed by atoms with Crippen LogP contribution in [0.15, 0.2) is 34.3 Å². The molecule has 7 heteroatoms. The number of hydrogen-bond donors (Lipinski definition) is 1. The maximum Gasteiger partial charge on any atom is 0.296 e. The summed E-state index contributed by atoms with van der Waals surface area (Å²) < 4.78 is 31.3. The zero-order chi connectivity index (χ0) is 12.6. The topological polar surface area (TPSA) is 108 Å². The van der Waals surface area contributed by atoms with E-state index in [4.69, 9.17) is 10.1 Å². The number of rotatable bonds is 1. The van der Waals surface area contributed by atoms with Gasteiger partial charge in [-0.2, -0.15) is 13.2 Å². The predicted molar refractivity (Wildman–Crippen MR) is 58.7 cm³/mol. The molecular weight excluding hydrogens is 244 g/mol. The molecule has 0 saturated carbocycles. The molecule has 2 aliphatic rings. The van der Waals surface area contributed by atoms with Crippen molar-refractivity contribution in [2.75, 3.05) is 0 Å². The van der Waals surface area contributed by atoms with E-state index in [0.29, 0.717) is 16.9 Å². The largest absolute Gasteiger partial charge is 0.361 e. The van der Waals surface area contributed by atoms with Crippen LogP contribution in [0.25, 0.3) is 5.53 Å². The highest BCUT2D eigenvalue weighted by Gasteiger charge is 2.30. The van der Waals surface area contributed by atoms with Gasteiger partial charge in [-0.3, -0.25) is 9.35 Å². The molecule has 0 atom stereocenters. The van der Waals surface area contributed by atoms with Crippen molar-refractivity contribution < 1.29 is 22.6 Å². The molecule has 0 unspecified atom stereocenters. The van der Waals surface area contributed by atoms with Crippen molar-refractivity contribution in [1.29, 1.82) is 0 Å². The summed E-state index contributed by atoms with van der Waals surface area (Å²) in [4.78, 5) is 14.1. The summed E-state index contributed by atoms with van der Waals surface area (Å²) in [6, 6.07) is 0. The third-order valence-corrected chi connectivity index (χ3v) is 3.56. The number of fused-ring (bicyclic) bond motifs is 1. The van der Waals surface area contributed by atoms with Crippen LogP contribution >= 0.6 is 0 Å². The molecule has 17 heavy (non-hydrogen) atoms. The van der Waals surface area contributed by atoms with Crippen LogP contribution in [0.2, 0.25) is 0 Å². The second-order valence-electron chi connectivity index (χ2n) is 3.73. The molecule has 0 heterocycles. The molecule has 0 aliphatic heterocycles. The van der Waals surface area contributed by atoms with Crippen LogP contribution < -0.4 is 0 Å². The number of carbonyl (C=O) groups is 1. The third kappa shape index (κ3) is 2.16. The van der Waals surface area contributed by atoms with Crippen molar-refractivity contribution in [3.8, 4) is 0 Å². The van der Waals surface area contributed by atoms with Gasteiger partial charge < -0.3 is 5.53 Å². The zero-order valence-corrected chi connectivity index (χ0v) is 9.44. The summed E-state index contributed by atoms with van der Waals surface area (Å²) in [6.07, 6.45) is 3.98. The highest BCUT2D eigenvalue weighted by molar-refractivity contribution is 7.89. The van der Waals surface area contributed by atoms with Crippen molar-refractivity contribution in [3.05, 3.63) is 39.8 Å². The van der Waals surface area contributed by atoms with E-state index in [1.807, 2.05) is 0 Å². The van der Waals surface area contributed by atoms with Crippen LogP contribution in [0.1, 0.15) is 12.8 Å². The summed E-state index contributed by atoms with van der Waals surface area (Å²) in [5, 5.41) is 0. The van der Waals surface area contributed by atoms with E-state index in [0.717, 1.165) is 0 Å². The summed E-state index contributed by atoms with van der Waals surface area (Å²) in [7, 11) is -4.39. The first kappa shape index (κ1) is 11.7. The molecule has 0 fully saturated rings. The average molecular weight is 252 g/mol. The number of ketones is 1. The molecule has 6 nitrogen and oxygen atoms in total. The van der Waals surface area contributed by atoms with Gasteiger partial charge in [0, 0.05) is 12.5 Å². The van der Waals surface area contributed by atoms with Crippen molar-refractivity contribution in [3.63, 3.8) is 0 Å². The maximum absolute atomic E-state index is 11.4. The van der Waals surface area contributed by atoms with Crippen molar-refractivity contribution in [1.82, 2.24) is 0 Å². The Balaban J connectivity index is 2.67. The van der Waals surface area contributed by atoms with Gasteiger partial charge in [-0.25, -0.2) is 0 Å². The van der Waals surface area contributed by atoms with Gasteiger partial charge in [-0.1, -0.05) is 0 Å². The number of allylic oxidation sites excluding steroid dienone is 6. The first-order valence-corrected chi connectivity index (χ1v) is 6.19. The molecule has 0 spiro atoms. The molecule has 2 rings (SSSR count). The lowest BCUT2D eigenvalue weighted by Gasteiger charge is -2.18. The second kappa shape index (κ2) is 3.89. The molecule has 0 radical (unpaired) electrons. The van der Waals surface area contributed by atoms with Gasteiger partial charge in [0.25, 0.3) is 15.8 Å². The Morgan fingerprint density at radius 2 is 2.00 bits per heavy atom. The van der Waals surface area contributed by atoms with Crippen LogP contribution in [0, 0.1) is 0 Å². The van der Waals surface area contributed by atoms with Gasteiger partial charge in [-0.05, 0) is 23.3 Å². The first-order valence-electron chi connectivity index (χ1n) is 4.75. The lowest BCUT2D eigenvalue weighted by molar-refractivity contribution is -0.114. The Morgan fingerprint density at radius 1 is 1.29 bits per heavy atom. The molecular formula is C10H8N2O4S. The summed E-state index contributed by atoms with van der Waals surface area (Å²) in [6.45, 7) is 0. The number of nitrogens with zero attached hydrogens (tertiary/aromatic N) is 2. The summed E-state index contributed by atoms with van der Waals surface area (Å²) in [5.74, 6) is -0.399. The van der Waals surface area contributed by atoms with Crippen LogP contribution in [0.3, 0.4) is 0 Å². The highest BCUT2D eigenvalue weighted by Crippen LogP contribution is 2.32. The quantitative estimate of drug-likeness (QED) is 0.420. The molecule has 1 N–H and O–H groups in total. The third-order valence-electron chi connectivity index (χ3n) is 2.57. The van der Waals surface area contributed by atoms with Gasteiger partial charge in [0.1, 0.15) is 0 Å². The molecule has 0 amide bonds. The Bertz CT molecular complexity index is 646. The smallest absolute Gasteiger partial charge is 0.296 e. The van der Waals surface area contributed by atoms with E-state index < -0.39 is 15.9 Å². The van der Waals surface area contributed by atoms with E-state index in [1.165, 1.54) is 18.2 Å². The van der Waals surface area contributed by atoms with Gasteiger partial charge in [0.15, 0.2) is 5.78 Å². The Morgan fingerprint density at radius 3 is 2.59 bits per heavy atom. The average Bonchev–Trinajstić information content (AvgIpc) is 2.25. The minimum absolute atomic E-state index is 0.160. The van der Waals surface area contributed by atoms with Gasteiger partial charge in [0.2, 0.25) is 0 Å². The standard InChI is InChI=1S/C10H8N2O4S/c11-12-7-1-2-9-6(3-7)4-8(13)5-10(9)17(14,15)16/h1-2,4H,3,5H2,(H,14,15,16). The van der Waals surface area contributed by atoms with Crippen LogP contribution in [-0.2, 0) is 14.9 Å². The maximum atomic E-state index is 11.4. The molecule has 0 bridgehead atoms. The molecule has 2 aliphatic carbocycles. The lowest BCUT2D eigenvalue weighted by atomic mass is 9.88. The fourth-order valence-corrected chi connectivity index (χ4v) is 2.64. The van der Waals surface area contributed by atoms with E-state index in [1.54, 1.807) is 0 Å². The predicted octanol–water partition coefficient (Wildman–Crippen LogP) is 0.658. The minimum Gasteiger partial charge on any atom is -0.361 e. The van der Waals surface area contributed by atoms with Crippen LogP contribution in [-0.4, -0.2) is 29.3 Å². The monoisotopic (exact) mass is 252 g/mol. The molecule has 0 saturated heterocycles. The second-order valence-corrected chi connectivity index (χ2v) is 5.17. The van der Waals surface area contributed by atoms with Crippen molar-refractivity contribution >= 4 is 21.6 Å². The highest BCUT2D eigenvalue weighted by atomic mass is 32.2. The van der Waals surface area contributed by atoms with E-state index in [9.17, 15) is 13.2 Å². The number of carbonyl (C=O) groups excluding carboxylic acids is 1. The van der Waals surface area contributed by atoms with Crippen LogP contribution in [0.4, 0.5) is 0 Å². The van der Waals surface area contributed by atoms with E-state index in [2.05, 4.69) is 4.79 Å². The Labute approximate surface area is 97.3 Å². The molecule has 0 aromatic rings.